The average Bonchev–Trinajstić information content (AvgIpc) is 2.84. The van der Waals surface area contributed by atoms with Crippen LogP contribution >= 0.6 is 27.7 Å². The van der Waals surface area contributed by atoms with E-state index in [-0.39, 0.29) is 28.9 Å². The zero-order valence-electron chi connectivity index (χ0n) is 11.5. The summed E-state index contributed by atoms with van der Waals surface area (Å²) in [7, 11) is -3.63. The molecule has 1 heterocycles. The third-order valence-corrected chi connectivity index (χ3v) is 6.05. The Kier molecular flexibility index (Phi) is 6.01. The SMILES string of the molecule is O=C(CCNS(=O)(=O)c1ccc(Br)cc1)N[C@@H]1CCSC1=O. The van der Waals surface area contributed by atoms with Crippen LogP contribution in [0.25, 0.3) is 0 Å². The van der Waals surface area contributed by atoms with Gasteiger partial charge in [0.2, 0.25) is 21.0 Å². The van der Waals surface area contributed by atoms with Gasteiger partial charge >= 0.3 is 0 Å². The molecule has 1 aromatic carbocycles. The molecule has 0 aliphatic carbocycles. The van der Waals surface area contributed by atoms with Gasteiger partial charge in [-0.05, 0) is 30.7 Å². The van der Waals surface area contributed by atoms with E-state index in [2.05, 4.69) is 26.0 Å². The lowest BCUT2D eigenvalue weighted by Crippen LogP contribution is -2.38. The maximum absolute atomic E-state index is 12.0. The van der Waals surface area contributed by atoms with E-state index >= 15 is 0 Å². The number of rotatable bonds is 6. The number of halogens is 1. The normalized spacial score (nSPS) is 18.4. The number of amides is 1. The summed E-state index contributed by atoms with van der Waals surface area (Å²) in [5.41, 5.74) is 0. The maximum atomic E-state index is 12.0. The molecule has 0 unspecified atom stereocenters. The molecule has 1 aliphatic rings. The minimum absolute atomic E-state index is 0.00972. The van der Waals surface area contributed by atoms with Crippen molar-refractivity contribution in [2.45, 2.75) is 23.8 Å². The predicted molar refractivity (Wildman–Crippen MR) is 88.0 cm³/mol. The van der Waals surface area contributed by atoms with Gasteiger partial charge in [0.1, 0.15) is 0 Å². The Morgan fingerprint density at radius 1 is 1.32 bits per heavy atom. The first-order valence-corrected chi connectivity index (χ1v) is 9.86. The standard InChI is InChI=1S/C13H15BrN2O4S2/c14-9-1-3-10(4-2-9)22(19,20)15-7-5-12(17)16-11-6-8-21-13(11)18/h1-4,11,15H,5-8H2,(H,16,17)/t11-/m1/s1. The molecule has 1 saturated heterocycles. The van der Waals surface area contributed by atoms with Gasteiger partial charge in [-0.2, -0.15) is 0 Å². The fraction of sp³-hybridized carbons (Fsp3) is 0.385. The summed E-state index contributed by atoms with van der Waals surface area (Å²) in [6.07, 6.45) is 0.615. The van der Waals surface area contributed by atoms with Crippen molar-refractivity contribution in [2.75, 3.05) is 12.3 Å². The van der Waals surface area contributed by atoms with Crippen LogP contribution in [-0.2, 0) is 19.6 Å². The summed E-state index contributed by atoms with van der Waals surface area (Å²) in [6.45, 7) is -0.0156. The topological polar surface area (TPSA) is 92.3 Å². The Labute approximate surface area is 141 Å². The van der Waals surface area contributed by atoms with Gasteiger partial charge < -0.3 is 5.32 Å². The lowest BCUT2D eigenvalue weighted by atomic mass is 10.2. The summed E-state index contributed by atoms with van der Waals surface area (Å²) < 4.78 is 27.2. The van der Waals surface area contributed by atoms with Crippen LogP contribution in [0.15, 0.2) is 33.6 Å². The molecule has 22 heavy (non-hydrogen) atoms. The molecule has 1 amide bonds. The largest absolute Gasteiger partial charge is 0.345 e. The molecule has 2 N–H and O–H groups in total. The Morgan fingerprint density at radius 3 is 2.59 bits per heavy atom. The van der Waals surface area contributed by atoms with E-state index in [0.29, 0.717) is 12.2 Å². The number of nitrogens with one attached hydrogen (secondary N) is 2. The lowest BCUT2D eigenvalue weighted by molar-refractivity contribution is -0.124. The van der Waals surface area contributed by atoms with Gasteiger partial charge in [-0.1, -0.05) is 27.7 Å². The van der Waals surface area contributed by atoms with Crippen molar-refractivity contribution >= 4 is 48.7 Å². The van der Waals surface area contributed by atoms with Crippen LogP contribution in [0.2, 0.25) is 0 Å². The molecule has 2 rings (SSSR count). The van der Waals surface area contributed by atoms with Gasteiger partial charge in [0.15, 0.2) is 0 Å². The highest BCUT2D eigenvalue weighted by molar-refractivity contribution is 9.10. The summed E-state index contributed by atoms with van der Waals surface area (Å²) in [5.74, 6) is 0.374. The second kappa shape index (κ2) is 7.58. The molecule has 120 valence electrons. The second-order valence-electron chi connectivity index (χ2n) is 4.68. The van der Waals surface area contributed by atoms with Crippen LogP contribution in [0.1, 0.15) is 12.8 Å². The van der Waals surface area contributed by atoms with Crippen molar-refractivity contribution in [1.29, 1.82) is 0 Å². The van der Waals surface area contributed by atoms with Gasteiger partial charge in [0, 0.05) is 23.2 Å². The number of benzene rings is 1. The van der Waals surface area contributed by atoms with Gasteiger partial charge in [-0.3, -0.25) is 9.59 Å². The summed E-state index contributed by atoms with van der Waals surface area (Å²) in [6, 6.07) is 5.76. The number of carbonyl (C=O) groups excluding carboxylic acids is 2. The zero-order valence-corrected chi connectivity index (χ0v) is 14.8. The van der Waals surface area contributed by atoms with E-state index in [4.69, 9.17) is 0 Å². The third kappa shape index (κ3) is 4.80. The van der Waals surface area contributed by atoms with Crippen LogP contribution < -0.4 is 10.0 Å². The quantitative estimate of drug-likeness (QED) is 0.741. The number of hydrogen-bond donors (Lipinski definition) is 2. The highest BCUT2D eigenvalue weighted by Gasteiger charge is 2.26. The number of thioether (sulfide) groups is 1. The Hall–Kier alpha value is -0.900. The lowest BCUT2D eigenvalue weighted by Gasteiger charge is -2.10. The van der Waals surface area contributed by atoms with Crippen LogP contribution in [0, 0.1) is 0 Å². The van der Waals surface area contributed by atoms with E-state index in [9.17, 15) is 18.0 Å². The molecule has 0 saturated carbocycles. The van der Waals surface area contributed by atoms with Crippen molar-refractivity contribution in [3.8, 4) is 0 Å². The maximum Gasteiger partial charge on any atom is 0.240 e. The van der Waals surface area contributed by atoms with Crippen LogP contribution in [0.3, 0.4) is 0 Å². The van der Waals surface area contributed by atoms with Gasteiger partial charge in [-0.15, -0.1) is 0 Å². The molecule has 1 atom stereocenters. The Balaban J connectivity index is 1.81. The molecule has 1 aliphatic heterocycles. The average molecular weight is 407 g/mol. The van der Waals surface area contributed by atoms with E-state index in [1.165, 1.54) is 23.9 Å². The van der Waals surface area contributed by atoms with Gasteiger partial charge in [-0.25, -0.2) is 13.1 Å². The summed E-state index contributed by atoms with van der Waals surface area (Å²) >= 11 is 4.44. The molecule has 9 heteroatoms. The van der Waals surface area contributed by atoms with Gasteiger partial charge in [0.25, 0.3) is 0 Å². The van der Waals surface area contributed by atoms with Crippen LogP contribution in [0.5, 0.6) is 0 Å². The number of carbonyl (C=O) groups is 2. The van der Waals surface area contributed by atoms with E-state index < -0.39 is 16.1 Å². The predicted octanol–water partition coefficient (Wildman–Crippen LogP) is 1.27. The van der Waals surface area contributed by atoms with Crippen molar-refractivity contribution in [2.24, 2.45) is 0 Å². The monoisotopic (exact) mass is 406 g/mol. The first-order chi connectivity index (χ1) is 10.4. The van der Waals surface area contributed by atoms with Crippen molar-refractivity contribution in [3.05, 3.63) is 28.7 Å². The van der Waals surface area contributed by atoms with Crippen molar-refractivity contribution in [3.63, 3.8) is 0 Å². The first-order valence-electron chi connectivity index (χ1n) is 6.60. The molecule has 1 fully saturated rings. The third-order valence-electron chi connectivity index (χ3n) is 3.04. The smallest absolute Gasteiger partial charge is 0.240 e. The molecule has 0 spiro atoms. The van der Waals surface area contributed by atoms with Crippen molar-refractivity contribution < 1.29 is 18.0 Å². The van der Waals surface area contributed by atoms with E-state index in [1.807, 2.05) is 0 Å². The highest BCUT2D eigenvalue weighted by Crippen LogP contribution is 2.19. The second-order valence-corrected chi connectivity index (χ2v) is 8.46. The van der Waals surface area contributed by atoms with E-state index in [1.54, 1.807) is 12.1 Å². The number of sulfonamides is 1. The molecule has 0 aromatic heterocycles. The minimum atomic E-state index is -3.63. The fourth-order valence-electron chi connectivity index (χ4n) is 1.89. The molecule has 6 nitrogen and oxygen atoms in total. The molecule has 0 bridgehead atoms. The highest BCUT2D eigenvalue weighted by atomic mass is 79.9. The van der Waals surface area contributed by atoms with Crippen LogP contribution in [0.4, 0.5) is 0 Å². The van der Waals surface area contributed by atoms with Crippen LogP contribution in [-0.4, -0.2) is 37.8 Å². The zero-order chi connectivity index (χ0) is 16.2. The Bertz CT molecular complexity index is 661. The molecular weight excluding hydrogens is 392 g/mol. The molecular formula is C13H15BrN2O4S2. The van der Waals surface area contributed by atoms with Gasteiger partial charge in [0.05, 0.1) is 10.9 Å². The fourth-order valence-corrected chi connectivity index (χ4v) is 4.12. The summed E-state index contributed by atoms with van der Waals surface area (Å²) in [5, 5.41) is 2.57. The minimum Gasteiger partial charge on any atom is -0.345 e. The number of hydrogen-bond acceptors (Lipinski definition) is 5. The molecule has 1 aromatic rings. The first kappa shape index (κ1) is 17.5. The summed E-state index contributed by atoms with van der Waals surface area (Å²) in [4.78, 5) is 23.2. The van der Waals surface area contributed by atoms with Crippen molar-refractivity contribution in [1.82, 2.24) is 10.0 Å². The molecule has 0 radical (unpaired) electrons. The Morgan fingerprint density at radius 2 is 2.00 bits per heavy atom. The van der Waals surface area contributed by atoms with E-state index in [0.717, 1.165) is 4.47 Å².